The van der Waals surface area contributed by atoms with Crippen molar-refractivity contribution in [3.63, 3.8) is 0 Å². The van der Waals surface area contributed by atoms with Gasteiger partial charge in [-0.15, -0.1) is 0 Å². The van der Waals surface area contributed by atoms with Crippen molar-refractivity contribution in [3.05, 3.63) is 71.8 Å². The van der Waals surface area contributed by atoms with E-state index in [2.05, 4.69) is 76.6 Å². The molecule has 2 aromatic carbocycles. The van der Waals surface area contributed by atoms with Gasteiger partial charge in [0.2, 0.25) is 0 Å². The second-order valence-corrected chi connectivity index (χ2v) is 6.59. The van der Waals surface area contributed by atoms with Crippen LogP contribution < -0.4 is 0 Å². The van der Waals surface area contributed by atoms with Gasteiger partial charge in [-0.05, 0) is 36.8 Å². The molecular weight excluding hydrogens is 322 g/mol. The van der Waals surface area contributed by atoms with Crippen LogP contribution in [0.3, 0.4) is 0 Å². The third-order valence-electron chi connectivity index (χ3n) is 4.08. The van der Waals surface area contributed by atoms with Crippen LogP contribution in [-0.2, 0) is 6.42 Å². The second kappa shape index (κ2) is 7.04. The van der Waals surface area contributed by atoms with Crippen molar-refractivity contribution in [1.29, 1.82) is 0 Å². The number of halogens is 1. The molecule has 0 saturated heterocycles. The van der Waals surface area contributed by atoms with E-state index in [1.54, 1.807) is 0 Å². The lowest BCUT2D eigenvalue weighted by molar-refractivity contribution is 0.662. The molecule has 1 heterocycles. The molecule has 0 fully saturated rings. The van der Waals surface area contributed by atoms with Crippen LogP contribution in [0.15, 0.2) is 65.7 Å². The van der Waals surface area contributed by atoms with Gasteiger partial charge < -0.3 is 0 Å². The van der Waals surface area contributed by atoms with E-state index in [0.29, 0.717) is 10.9 Å². The molecule has 2 aromatic rings. The minimum Gasteiger partial charge on any atom is -0.289 e. The van der Waals surface area contributed by atoms with Gasteiger partial charge in [0.25, 0.3) is 0 Å². The summed E-state index contributed by atoms with van der Waals surface area (Å²) in [6.07, 6.45) is 4.50. The Morgan fingerprint density at radius 3 is 2.33 bits per heavy atom. The molecule has 0 radical (unpaired) electrons. The Morgan fingerprint density at radius 2 is 1.62 bits per heavy atom. The fourth-order valence-corrected chi connectivity index (χ4v) is 3.56. The predicted octanol–water partition coefficient (Wildman–Crippen LogP) is 5.36. The molecular formula is C19H20BrN. The van der Waals surface area contributed by atoms with Crippen molar-refractivity contribution in [1.82, 2.24) is 0 Å². The normalized spacial score (nSPS) is 19.3. The van der Waals surface area contributed by atoms with Gasteiger partial charge in [0, 0.05) is 5.71 Å². The molecule has 0 bridgehead atoms. The van der Waals surface area contributed by atoms with E-state index in [4.69, 9.17) is 4.99 Å². The number of aliphatic imine (C=N–C) groups is 1. The van der Waals surface area contributed by atoms with Gasteiger partial charge in [-0.25, -0.2) is 0 Å². The zero-order valence-electron chi connectivity index (χ0n) is 12.1. The van der Waals surface area contributed by atoms with Gasteiger partial charge in [-0.2, -0.15) is 0 Å². The maximum Gasteiger partial charge on any atom is 0.0668 e. The van der Waals surface area contributed by atoms with Crippen LogP contribution in [0.5, 0.6) is 0 Å². The SMILES string of the molecule is BrC(c1ccccc1)C1CCC(CCc2ccccc2)=N1. The summed E-state index contributed by atoms with van der Waals surface area (Å²) in [4.78, 5) is 5.29. The maximum atomic E-state index is 4.95. The van der Waals surface area contributed by atoms with Gasteiger partial charge in [0.15, 0.2) is 0 Å². The number of hydrogen-bond donors (Lipinski definition) is 0. The zero-order valence-corrected chi connectivity index (χ0v) is 13.7. The summed E-state index contributed by atoms with van der Waals surface area (Å²) >= 11 is 3.83. The van der Waals surface area contributed by atoms with Gasteiger partial charge in [-0.1, -0.05) is 76.6 Å². The lowest BCUT2D eigenvalue weighted by Gasteiger charge is -2.14. The van der Waals surface area contributed by atoms with E-state index in [1.165, 1.54) is 16.8 Å². The van der Waals surface area contributed by atoms with Crippen LogP contribution in [0.1, 0.15) is 35.2 Å². The highest BCUT2D eigenvalue weighted by molar-refractivity contribution is 9.09. The Kier molecular flexibility index (Phi) is 4.87. The first-order valence-corrected chi connectivity index (χ1v) is 8.53. The topological polar surface area (TPSA) is 12.4 Å². The van der Waals surface area contributed by atoms with Crippen molar-refractivity contribution in [2.24, 2.45) is 4.99 Å². The fourth-order valence-electron chi connectivity index (χ4n) is 2.87. The molecule has 1 aliphatic heterocycles. The number of aryl methyl sites for hydroxylation is 1. The minimum atomic E-state index is 0.341. The average molecular weight is 342 g/mol. The fraction of sp³-hybridized carbons (Fsp3) is 0.316. The van der Waals surface area contributed by atoms with E-state index >= 15 is 0 Å². The molecule has 1 nitrogen and oxygen atoms in total. The molecule has 0 aromatic heterocycles. The van der Waals surface area contributed by atoms with Crippen molar-refractivity contribution in [3.8, 4) is 0 Å². The first-order valence-electron chi connectivity index (χ1n) is 7.61. The lowest BCUT2D eigenvalue weighted by atomic mass is 10.0. The summed E-state index contributed by atoms with van der Waals surface area (Å²) in [7, 11) is 0. The smallest absolute Gasteiger partial charge is 0.0668 e. The molecule has 3 rings (SSSR count). The Bertz CT molecular complexity index is 591. The molecule has 0 N–H and O–H groups in total. The largest absolute Gasteiger partial charge is 0.289 e. The highest BCUT2D eigenvalue weighted by Crippen LogP contribution is 2.34. The molecule has 21 heavy (non-hydrogen) atoms. The van der Waals surface area contributed by atoms with Crippen LogP contribution in [-0.4, -0.2) is 11.8 Å². The Hall–Kier alpha value is -1.41. The first kappa shape index (κ1) is 14.5. The number of hydrogen-bond acceptors (Lipinski definition) is 1. The third kappa shape index (κ3) is 3.82. The minimum absolute atomic E-state index is 0.341. The van der Waals surface area contributed by atoms with E-state index < -0.39 is 0 Å². The van der Waals surface area contributed by atoms with Crippen molar-refractivity contribution in [2.45, 2.75) is 36.6 Å². The van der Waals surface area contributed by atoms with Crippen molar-refractivity contribution >= 4 is 21.6 Å². The summed E-state index contributed by atoms with van der Waals surface area (Å²) in [6, 6.07) is 21.7. The van der Waals surface area contributed by atoms with Crippen LogP contribution in [0.2, 0.25) is 0 Å². The van der Waals surface area contributed by atoms with Crippen LogP contribution in [0.4, 0.5) is 0 Å². The predicted molar refractivity (Wildman–Crippen MR) is 93.3 cm³/mol. The van der Waals surface area contributed by atoms with E-state index in [-0.39, 0.29) is 0 Å². The summed E-state index contributed by atoms with van der Waals surface area (Å²) in [5, 5.41) is 0. The molecule has 0 aliphatic carbocycles. The summed E-state index contributed by atoms with van der Waals surface area (Å²) in [5.74, 6) is 0. The number of nitrogens with zero attached hydrogens (tertiary/aromatic N) is 1. The van der Waals surface area contributed by atoms with Gasteiger partial charge >= 0.3 is 0 Å². The van der Waals surface area contributed by atoms with Gasteiger partial charge in [0.1, 0.15) is 0 Å². The highest BCUT2D eigenvalue weighted by Gasteiger charge is 2.25. The maximum absolute atomic E-state index is 4.95. The quantitative estimate of drug-likeness (QED) is 0.649. The zero-order chi connectivity index (χ0) is 14.5. The molecule has 2 heteroatoms. The second-order valence-electron chi connectivity index (χ2n) is 5.60. The van der Waals surface area contributed by atoms with Crippen molar-refractivity contribution in [2.75, 3.05) is 0 Å². The van der Waals surface area contributed by atoms with Crippen LogP contribution in [0, 0.1) is 0 Å². The molecule has 108 valence electrons. The summed E-state index contributed by atoms with van der Waals surface area (Å²) in [5.41, 5.74) is 4.11. The molecule has 1 aliphatic rings. The van der Waals surface area contributed by atoms with Gasteiger partial charge in [-0.3, -0.25) is 4.99 Å². The van der Waals surface area contributed by atoms with Crippen molar-refractivity contribution < 1.29 is 0 Å². The summed E-state index contributed by atoms with van der Waals surface area (Å²) < 4.78 is 0. The van der Waals surface area contributed by atoms with E-state index in [0.717, 1.165) is 25.7 Å². The molecule has 0 spiro atoms. The molecule has 0 amide bonds. The number of rotatable bonds is 5. The van der Waals surface area contributed by atoms with Crippen LogP contribution in [0.25, 0.3) is 0 Å². The Balaban J connectivity index is 1.59. The Morgan fingerprint density at radius 1 is 0.952 bits per heavy atom. The summed E-state index contributed by atoms with van der Waals surface area (Å²) in [6.45, 7) is 0. The lowest BCUT2D eigenvalue weighted by Crippen LogP contribution is -2.07. The first-order chi connectivity index (χ1) is 10.3. The van der Waals surface area contributed by atoms with Gasteiger partial charge in [0.05, 0.1) is 10.9 Å². The average Bonchev–Trinajstić information content (AvgIpc) is 3.03. The highest BCUT2D eigenvalue weighted by atomic mass is 79.9. The third-order valence-corrected chi connectivity index (χ3v) is 5.22. The molecule has 2 unspecified atom stereocenters. The standard InChI is InChI=1S/C19H20BrN/c20-19(16-9-5-2-6-10-16)18-14-13-17(21-18)12-11-15-7-3-1-4-8-15/h1-10,18-19H,11-14H2. The monoisotopic (exact) mass is 341 g/mol. The molecule has 0 saturated carbocycles. The van der Waals surface area contributed by atoms with E-state index in [9.17, 15) is 0 Å². The number of alkyl halides is 1. The number of benzene rings is 2. The molecule has 2 atom stereocenters. The van der Waals surface area contributed by atoms with Crippen LogP contribution >= 0.6 is 15.9 Å². The Labute approximate surface area is 135 Å². The van der Waals surface area contributed by atoms with E-state index in [1.807, 2.05) is 0 Å².